The van der Waals surface area contributed by atoms with E-state index in [1.165, 1.54) is 159 Å². The lowest BCUT2D eigenvalue weighted by molar-refractivity contribution is 0.0981. The van der Waals surface area contributed by atoms with E-state index in [0.717, 1.165) is 60.6 Å². The maximum atomic E-state index is 5.08. The molecule has 0 aromatic carbocycles. The van der Waals surface area contributed by atoms with Crippen molar-refractivity contribution in [2.75, 3.05) is 62.7 Å². The van der Waals surface area contributed by atoms with Crippen molar-refractivity contribution in [3.8, 4) is 0 Å². The zero-order valence-electron chi connectivity index (χ0n) is 37.9. The van der Waals surface area contributed by atoms with Crippen LogP contribution in [0.3, 0.4) is 0 Å². The van der Waals surface area contributed by atoms with Gasteiger partial charge < -0.3 is 24.5 Å². The number of anilines is 2. The lowest BCUT2D eigenvalue weighted by Gasteiger charge is -2.42. The lowest BCUT2D eigenvalue weighted by Crippen LogP contribution is -2.53. The Bertz CT molecular complexity index is 1570. The van der Waals surface area contributed by atoms with Gasteiger partial charge in [0.15, 0.2) is 0 Å². The van der Waals surface area contributed by atoms with E-state index in [4.69, 9.17) is 19.9 Å². The van der Waals surface area contributed by atoms with Crippen molar-refractivity contribution in [3.63, 3.8) is 0 Å². The highest BCUT2D eigenvalue weighted by Gasteiger charge is 2.44. The van der Waals surface area contributed by atoms with Gasteiger partial charge in [0.05, 0.1) is 0 Å². The fraction of sp³-hybridized carbons (Fsp3) is 0.840. The van der Waals surface area contributed by atoms with Crippen LogP contribution in [0.15, 0.2) is 24.8 Å². The lowest BCUT2D eigenvalue weighted by atomic mass is 9.78. The van der Waals surface area contributed by atoms with Crippen LogP contribution in [0.25, 0.3) is 0 Å². The summed E-state index contributed by atoms with van der Waals surface area (Å²) in [6.45, 7) is 18.4. The number of hydrogen-bond donors (Lipinski definition) is 0. The van der Waals surface area contributed by atoms with Crippen molar-refractivity contribution in [3.05, 3.63) is 35.9 Å². The summed E-state index contributed by atoms with van der Waals surface area (Å²) in [6.07, 6.45) is 32.8. The minimum Gasteiger partial charge on any atom is -0.335 e. The molecule has 7 fully saturated rings. The van der Waals surface area contributed by atoms with Crippen molar-refractivity contribution >= 4 is 11.9 Å². The number of likely N-dealkylation sites (N-methyl/N-ethyl adjacent to an activating group) is 1. The molecule has 1 saturated carbocycles. The number of rotatable bonds is 14. The van der Waals surface area contributed by atoms with Crippen LogP contribution in [-0.2, 0) is 0 Å². The molecule has 6 saturated heterocycles. The molecule has 9 rings (SSSR count). The van der Waals surface area contributed by atoms with Gasteiger partial charge in [-0.05, 0) is 189 Å². The Balaban J connectivity index is 0.673. The van der Waals surface area contributed by atoms with Gasteiger partial charge >= 0.3 is 0 Å². The topological polar surface area (TPSA) is 67.8 Å². The van der Waals surface area contributed by atoms with Crippen LogP contribution in [0.2, 0.25) is 0 Å². The molecule has 7 atom stereocenters. The highest BCUT2D eigenvalue weighted by molar-refractivity contribution is 5.39. The monoisotopic (exact) mass is 808 g/mol. The van der Waals surface area contributed by atoms with Gasteiger partial charge in [-0.15, -0.1) is 0 Å². The van der Waals surface area contributed by atoms with Crippen LogP contribution in [0, 0.1) is 29.6 Å². The Kier molecular flexibility index (Phi) is 13.5. The molecule has 59 heavy (non-hydrogen) atoms. The maximum absolute atomic E-state index is 5.08. The molecule has 6 aliphatic heterocycles. The highest BCUT2D eigenvalue weighted by atomic mass is 15.4. The molecule has 0 spiro atoms. The summed E-state index contributed by atoms with van der Waals surface area (Å²) in [4.78, 5) is 33.3. The molecule has 0 radical (unpaired) electrons. The number of piperidine rings is 3. The normalized spacial score (nSPS) is 33.5. The number of fused-ring (bicyclic) bond motifs is 4. The van der Waals surface area contributed by atoms with Crippen molar-refractivity contribution in [2.24, 2.45) is 29.6 Å². The summed E-state index contributed by atoms with van der Waals surface area (Å²) in [6, 6.07) is 3.25. The maximum Gasteiger partial charge on any atom is 0.225 e. The zero-order valence-corrected chi connectivity index (χ0v) is 37.9. The van der Waals surface area contributed by atoms with Crippen molar-refractivity contribution in [1.29, 1.82) is 0 Å². The molecule has 7 unspecified atom stereocenters. The largest absolute Gasteiger partial charge is 0.335 e. The average molecular weight is 808 g/mol. The van der Waals surface area contributed by atoms with Gasteiger partial charge in [0, 0.05) is 74.6 Å². The minimum atomic E-state index is 0.574. The second-order valence-corrected chi connectivity index (χ2v) is 21.7. The van der Waals surface area contributed by atoms with Crippen molar-refractivity contribution in [1.82, 2.24) is 34.6 Å². The van der Waals surface area contributed by atoms with E-state index in [1.807, 2.05) is 0 Å². The first kappa shape index (κ1) is 42.0. The third-order valence-corrected chi connectivity index (χ3v) is 17.5. The first-order chi connectivity index (χ1) is 28.8. The van der Waals surface area contributed by atoms with Crippen LogP contribution in [0.1, 0.15) is 166 Å². The van der Waals surface area contributed by atoms with Gasteiger partial charge in [0.25, 0.3) is 0 Å². The summed E-state index contributed by atoms with van der Waals surface area (Å²) in [7, 11) is 2.26. The molecule has 2 aromatic heterocycles. The first-order valence-corrected chi connectivity index (χ1v) is 25.1. The number of aromatic nitrogens is 4. The molecule has 7 aliphatic rings. The fourth-order valence-corrected chi connectivity index (χ4v) is 13.7. The van der Waals surface area contributed by atoms with Gasteiger partial charge in [-0.2, -0.15) is 0 Å². The molecule has 4 bridgehead atoms. The number of hydrogen-bond acceptors (Lipinski definition) is 9. The van der Waals surface area contributed by atoms with Gasteiger partial charge in [0.2, 0.25) is 11.9 Å². The van der Waals surface area contributed by atoms with Gasteiger partial charge in [-0.3, -0.25) is 0 Å². The molecule has 326 valence electrons. The van der Waals surface area contributed by atoms with Crippen molar-refractivity contribution < 1.29 is 0 Å². The smallest absolute Gasteiger partial charge is 0.225 e. The summed E-state index contributed by atoms with van der Waals surface area (Å²) >= 11 is 0. The molecule has 1 aliphatic carbocycles. The van der Waals surface area contributed by atoms with Gasteiger partial charge in [0.1, 0.15) is 0 Å². The van der Waals surface area contributed by atoms with Crippen LogP contribution in [-0.4, -0.2) is 118 Å². The highest BCUT2D eigenvalue weighted by Crippen LogP contribution is 2.44. The zero-order chi connectivity index (χ0) is 40.5. The third-order valence-electron chi connectivity index (χ3n) is 17.5. The second kappa shape index (κ2) is 18.9. The number of piperazine rings is 1. The van der Waals surface area contributed by atoms with Crippen LogP contribution >= 0.6 is 0 Å². The Labute approximate surface area is 358 Å². The second-order valence-electron chi connectivity index (χ2n) is 21.7. The Morgan fingerprint density at radius 1 is 0.559 bits per heavy atom. The first-order valence-electron chi connectivity index (χ1n) is 25.1. The predicted molar refractivity (Wildman–Crippen MR) is 242 cm³/mol. The Morgan fingerprint density at radius 2 is 1.12 bits per heavy atom. The SMILES string of the molecule is CC(CCCN1CCCC(c2cnc(N3C4CCC3CN(C)C4)nc2)C1)CCC(C)C1CC2CCC(C1)N2c1ncc(C2CCN(C3CCC(C(C)C)CC3)CC2)cn1. The molecular weight excluding hydrogens is 727 g/mol. The number of nitrogens with zero attached hydrogens (tertiary/aromatic N) is 9. The third kappa shape index (κ3) is 9.67. The number of likely N-dealkylation sites (tertiary alicyclic amines) is 3. The van der Waals surface area contributed by atoms with E-state index >= 15 is 0 Å². The molecule has 0 amide bonds. The van der Waals surface area contributed by atoms with Crippen LogP contribution in [0.4, 0.5) is 11.9 Å². The molecule has 0 N–H and O–H groups in total. The summed E-state index contributed by atoms with van der Waals surface area (Å²) in [5, 5.41) is 0. The van der Waals surface area contributed by atoms with Crippen molar-refractivity contribution in [2.45, 2.75) is 185 Å². The average Bonchev–Trinajstić information content (AvgIpc) is 3.69. The van der Waals surface area contributed by atoms with E-state index in [1.54, 1.807) is 0 Å². The van der Waals surface area contributed by atoms with Crippen LogP contribution in [0.5, 0.6) is 0 Å². The van der Waals surface area contributed by atoms with Crippen LogP contribution < -0.4 is 9.80 Å². The molecular formula is C50H81N9. The Morgan fingerprint density at radius 3 is 1.73 bits per heavy atom. The summed E-state index contributed by atoms with van der Waals surface area (Å²) in [5.41, 5.74) is 2.73. The summed E-state index contributed by atoms with van der Waals surface area (Å²) in [5.74, 6) is 7.45. The molecule has 9 nitrogen and oxygen atoms in total. The summed E-state index contributed by atoms with van der Waals surface area (Å²) < 4.78 is 0. The Hall–Kier alpha value is -2.36. The minimum absolute atomic E-state index is 0.574. The molecule has 2 aromatic rings. The van der Waals surface area contributed by atoms with Gasteiger partial charge in [-0.1, -0.05) is 40.5 Å². The van der Waals surface area contributed by atoms with E-state index in [0.29, 0.717) is 36.0 Å². The molecule has 8 heterocycles. The standard InChI is InChI=1S/C50H81N9/c1-35(2)38-12-14-44(15-13-38)57-24-20-39(21-25-57)42-28-51-49(52-29-42)58-45-16-17-46(58)27-41(26-45)37(4)11-10-36(3)8-6-22-56-23-7-9-40(32-56)43-30-53-50(54-31-43)59-47-18-19-48(59)34-55(5)33-47/h28-31,35-41,44-48H,6-27,32-34H2,1-5H3. The van der Waals surface area contributed by atoms with E-state index < -0.39 is 0 Å². The quantitative estimate of drug-likeness (QED) is 0.186. The van der Waals surface area contributed by atoms with E-state index in [2.05, 4.69) is 84.0 Å². The predicted octanol–water partition coefficient (Wildman–Crippen LogP) is 9.40. The fourth-order valence-electron chi connectivity index (χ4n) is 13.7. The molecule has 9 heteroatoms. The van der Waals surface area contributed by atoms with E-state index in [-0.39, 0.29) is 0 Å². The van der Waals surface area contributed by atoms with E-state index in [9.17, 15) is 0 Å². The van der Waals surface area contributed by atoms with Gasteiger partial charge in [-0.25, -0.2) is 19.9 Å².